The average molecular weight is 1380 g/mol. The van der Waals surface area contributed by atoms with Crippen LogP contribution in [0.15, 0.2) is 207 Å². The summed E-state index contributed by atoms with van der Waals surface area (Å²) in [6.07, 6.45) is 7.36. The molecule has 0 unspecified atom stereocenters. The van der Waals surface area contributed by atoms with Crippen molar-refractivity contribution in [3.63, 3.8) is 0 Å². The number of nitrogens with zero attached hydrogens (tertiary/aromatic N) is 7. The number of aromatic amines is 1. The first kappa shape index (κ1) is 72.6. The highest BCUT2D eigenvalue weighted by Crippen LogP contribution is 2.43. The van der Waals surface area contributed by atoms with Crippen LogP contribution >= 0.6 is 7.37 Å². The van der Waals surface area contributed by atoms with Crippen LogP contribution in [0.5, 0.6) is 0 Å². The number of ketones is 2. The maximum absolute atomic E-state index is 13.1. The van der Waals surface area contributed by atoms with E-state index in [4.69, 9.17) is 35.8 Å². The first-order chi connectivity index (χ1) is 48.4. The molecule has 12 rings (SSSR count). The van der Waals surface area contributed by atoms with Crippen molar-refractivity contribution in [3.8, 4) is 44.8 Å². The topological polar surface area (TPSA) is 302 Å². The Bertz CT molecular complexity index is 4550. The number of amides is 4. The number of anilines is 2. The zero-order chi connectivity index (χ0) is 72.0. The predicted octanol–water partition coefficient (Wildman–Crippen LogP) is 15.1. The van der Waals surface area contributed by atoms with E-state index in [2.05, 4.69) is 25.6 Å². The lowest BCUT2D eigenvalue weighted by Gasteiger charge is -2.36. The van der Waals surface area contributed by atoms with E-state index in [1.807, 2.05) is 163 Å². The number of carbonyl (C=O) groups excluding carboxylic acids is 6. The Kier molecular flexibility index (Phi) is 23.1. The van der Waals surface area contributed by atoms with Gasteiger partial charge in [0.25, 0.3) is 19.2 Å². The van der Waals surface area contributed by atoms with Gasteiger partial charge in [0, 0.05) is 72.2 Å². The van der Waals surface area contributed by atoms with Crippen LogP contribution in [0.3, 0.4) is 0 Å². The van der Waals surface area contributed by atoms with Gasteiger partial charge >= 0.3 is 12.2 Å². The number of hydrogen-bond donors (Lipinski definition) is 5. The van der Waals surface area contributed by atoms with E-state index in [1.54, 1.807) is 95.0 Å². The van der Waals surface area contributed by atoms with Crippen LogP contribution < -0.4 is 33.0 Å². The summed E-state index contributed by atoms with van der Waals surface area (Å²) < 4.78 is 30.0. The lowest BCUT2D eigenvalue weighted by atomic mass is 10.0. The van der Waals surface area contributed by atoms with Gasteiger partial charge in [-0.3, -0.25) is 33.5 Å². The number of likely N-dealkylation sites (tertiary alicyclic amines) is 2. The SMILES string of the molecule is CC(=O)c1[nH]c([C@@H]2CCCCN2C(=O)OC(C)(C)C)nc1-c1ccc(C(=O)Nc2cc(-c3ccccc3)ccn2)cc1.CC(=O)c1c(-c2ccc(C(=O)Nc3cc(-c4ccccc4)ccn3)cc2)nc([C@@H]2CCCCN2C(=O)OC(C)(C)C)n1N.NOP(=O)(c1ccccc1)c1ccccc1. The Morgan fingerprint density at radius 2 is 0.921 bits per heavy atom. The second kappa shape index (κ2) is 32.2. The zero-order valence-corrected chi connectivity index (χ0v) is 58.7. The number of Topliss-reactive ketones (excluding diaryl/α,β-unsaturated/α-hetero) is 2. The molecule has 22 nitrogen and oxygen atoms in total. The highest BCUT2D eigenvalue weighted by atomic mass is 31.2. The van der Waals surface area contributed by atoms with Gasteiger partial charge in [-0.25, -0.2) is 44.7 Å². The van der Waals surface area contributed by atoms with E-state index >= 15 is 0 Å². The van der Waals surface area contributed by atoms with Crippen LogP contribution in [0, 0.1) is 0 Å². The van der Waals surface area contributed by atoms with Gasteiger partial charge < -0.3 is 30.9 Å². The molecule has 4 aromatic heterocycles. The summed E-state index contributed by atoms with van der Waals surface area (Å²) in [5.41, 5.74) is 6.29. The number of carbonyl (C=O) groups is 6. The van der Waals surface area contributed by atoms with Crippen molar-refractivity contribution in [2.24, 2.45) is 5.90 Å². The Labute approximate surface area is 587 Å². The van der Waals surface area contributed by atoms with E-state index < -0.39 is 36.8 Å². The number of nitrogens with one attached hydrogen (secondary N) is 3. The second-order valence-electron chi connectivity index (χ2n) is 26.3. The number of imidazole rings is 2. The van der Waals surface area contributed by atoms with Crippen molar-refractivity contribution in [3.05, 3.63) is 241 Å². The normalized spacial score (nSPS) is 14.6. The van der Waals surface area contributed by atoms with Crippen molar-refractivity contribution in [1.29, 1.82) is 0 Å². The summed E-state index contributed by atoms with van der Waals surface area (Å²) in [5.74, 6) is 12.5. The summed E-state index contributed by atoms with van der Waals surface area (Å²) in [6.45, 7) is 14.9. The number of nitrogen functional groups attached to an aromatic ring is 1. The first-order valence-corrected chi connectivity index (χ1v) is 35.0. The maximum atomic E-state index is 13.1. The molecule has 2 saturated heterocycles. The zero-order valence-electron chi connectivity index (χ0n) is 57.8. The van der Waals surface area contributed by atoms with Crippen molar-refractivity contribution in [2.45, 2.75) is 117 Å². The van der Waals surface area contributed by atoms with Gasteiger partial charge in [0.05, 0.1) is 17.8 Å². The molecule has 7 N–H and O–H groups in total. The van der Waals surface area contributed by atoms with Gasteiger partial charge in [-0.1, -0.05) is 121 Å². The molecule has 0 spiro atoms. The van der Waals surface area contributed by atoms with Crippen molar-refractivity contribution in [1.82, 2.24) is 39.4 Å². The van der Waals surface area contributed by atoms with E-state index in [-0.39, 0.29) is 35.1 Å². The van der Waals surface area contributed by atoms with Gasteiger partial charge in [0.1, 0.15) is 45.7 Å². The largest absolute Gasteiger partial charge is 0.444 e. The van der Waals surface area contributed by atoms with Crippen LogP contribution in [0.4, 0.5) is 21.2 Å². The number of ether oxygens (including phenoxy) is 2. The number of nitrogens with two attached hydrogens (primary N) is 2. The highest BCUT2D eigenvalue weighted by molar-refractivity contribution is 7.74. The Hall–Kier alpha value is -11.2. The Morgan fingerprint density at radius 3 is 1.34 bits per heavy atom. The fraction of sp³-hybridized carbons (Fsp3) is 0.256. The number of aromatic nitrogens is 6. The minimum absolute atomic E-state index is 0.172. The van der Waals surface area contributed by atoms with Gasteiger partial charge in [0.15, 0.2) is 17.4 Å². The molecular formula is C78H83N12O10P. The van der Waals surface area contributed by atoms with Crippen LogP contribution in [0.1, 0.15) is 159 Å². The van der Waals surface area contributed by atoms with Crippen molar-refractivity contribution in [2.75, 3.05) is 29.6 Å². The average Bonchev–Trinajstić information content (AvgIpc) is 1.67. The van der Waals surface area contributed by atoms with E-state index in [0.29, 0.717) is 99.2 Å². The molecule has 6 heterocycles. The summed E-state index contributed by atoms with van der Waals surface area (Å²) in [7, 11) is -3.13. The van der Waals surface area contributed by atoms with E-state index in [9.17, 15) is 33.3 Å². The molecule has 10 aromatic rings. The second-order valence-corrected chi connectivity index (χ2v) is 28.7. The summed E-state index contributed by atoms with van der Waals surface area (Å²) in [4.78, 5) is 102. The smallest absolute Gasteiger partial charge is 0.410 e. The maximum Gasteiger partial charge on any atom is 0.410 e. The third-order valence-corrected chi connectivity index (χ3v) is 18.9. The number of rotatable bonds is 15. The van der Waals surface area contributed by atoms with Gasteiger partial charge in [-0.2, -0.15) is 0 Å². The fourth-order valence-corrected chi connectivity index (χ4v) is 13.5. The summed E-state index contributed by atoms with van der Waals surface area (Å²) in [6, 6.07) is 58.0. The van der Waals surface area contributed by atoms with Crippen molar-refractivity contribution < 1.29 is 47.4 Å². The molecule has 2 fully saturated rings. The number of benzene rings is 6. The standard InChI is InChI=1S/C33H36N6O4.C33H35N5O4.C12H12NO2P/c1-21(40)29-28(37-30(39(29)34)26-12-8-9-19-38(26)32(42)43-33(2,3)4)23-13-15-24(16-14-23)31(41)36-27-20-25(17-18-35-27)22-10-6-5-7-11-22;1-21(39)28-29(37-30(36-28)26-12-8-9-19-38(26)32(41)42-33(2,3)4)23-13-15-24(16-14-23)31(40)35-27-20-25(17-18-34-27)22-10-6-5-7-11-22;13-15-16(14,11-7-3-1-4-8-11)12-9-5-2-6-10-12/h5-7,10-11,13-18,20,26H,8-9,12,19,34H2,1-4H3,(H,35,36,41);5-7,10-11,13-18,20,26H,8-9,12,19H2,1-4H3,(H,36,37)(H,34,35,40);1-10H,13H2/t2*26-;/m00./s1. The first-order valence-electron chi connectivity index (χ1n) is 33.3. The van der Waals surface area contributed by atoms with Crippen LogP contribution in [-0.2, 0) is 18.7 Å². The summed E-state index contributed by atoms with van der Waals surface area (Å²) in [5, 5.41) is 6.91. The monoisotopic (exact) mass is 1380 g/mol. The minimum Gasteiger partial charge on any atom is -0.444 e. The van der Waals surface area contributed by atoms with Gasteiger partial charge in [0.2, 0.25) is 0 Å². The van der Waals surface area contributed by atoms with Crippen molar-refractivity contribution >= 4 is 65.2 Å². The highest BCUT2D eigenvalue weighted by Gasteiger charge is 2.38. The molecular weight excluding hydrogens is 1300 g/mol. The van der Waals surface area contributed by atoms with Crippen LogP contribution in [0.2, 0.25) is 0 Å². The van der Waals surface area contributed by atoms with Crippen LogP contribution in [-0.4, -0.2) is 99.3 Å². The number of pyridine rings is 2. The lowest BCUT2D eigenvalue weighted by molar-refractivity contribution is 0.00739. The molecule has 2 aliphatic heterocycles. The molecule has 2 atom stereocenters. The van der Waals surface area contributed by atoms with Crippen LogP contribution in [0.25, 0.3) is 44.8 Å². The third kappa shape index (κ3) is 18.2. The molecule has 0 aliphatic carbocycles. The molecule has 101 heavy (non-hydrogen) atoms. The summed E-state index contributed by atoms with van der Waals surface area (Å²) >= 11 is 0. The number of piperidine rings is 2. The number of hydrogen-bond acceptors (Lipinski definition) is 16. The van der Waals surface area contributed by atoms with E-state index in [0.717, 1.165) is 47.9 Å². The number of H-pyrrole nitrogens is 1. The predicted molar refractivity (Wildman–Crippen MR) is 391 cm³/mol. The lowest BCUT2D eigenvalue weighted by Crippen LogP contribution is -2.43. The minimum atomic E-state index is -3.13. The fourth-order valence-electron chi connectivity index (χ4n) is 11.8. The van der Waals surface area contributed by atoms with Gasteiger partial charge in [-0.15, -0.1) is 0 Å². The molecule has 6 aromatic carbocycles. The molecule has 4 amide bonds. The van der Waals surface area contributed by atoms with E-state index in [1.165, 1.54) is 18.5 Å². The van der Waals surface area contributed by atoms with Gasteiger partial charge in [-0.05, 0) is 175 Å². The molecule has 0 radical (unpaired) electrons. The Morgan fingerprint density at radius 1 is 0.505 bits per heavy atom. The molecule has 23 heteroatoms. The molecule has 520 valence electrons. The molecule has 2 aliphatic rings. The molecule has 0 saturated carbocycles. The molecule has 0 bridgehead atoms. The Balaban J connectivity index is 0.000000179. The third-order valence-electron chi connectivity index (χ3n) is 16.6. The quantitative estimate of drug-likeness (QED) is 0.0276.